The molecule has 1 unspecified atom stereocenters. The lowest BCUT2D eigenvalue weighted by Crippen LogP contribution is -2.63. The minimum absolute atomic E-state index is 0.162. The number of unbranched alkanes of at least 4 members (excludes halogenated alkanes) is 1. The topological polar surface area (TPSA) is 96.3 Å². The van der Waals surface area contributed by atoms with E-state index in [1.165, 1.54) is 22.1 Å². The summed E-state index contributed by atoms with van der Waals surface area (Å²) in [6, 6.07) is 1.68. The molecule has 1 atom stereocenters. The fourth-order valence-corrected chi connectivity index (χ4v) is 3.90. The van der Waals surface area contributed by atoms with Crippen LogP contribution in [0.3, 0.4) is 0 Å². The van der Waals surface area contributed by atoms with Crippen molar-refractivity contribution in [2.45, 2.75) is 76.9 Å². The molecule has 8 heteroatoms. The molecule has 154 valence electrons. The van der Waals surface area contributed by atoms with Gasteiger partial charge in [-0.1, -0.05) is 32.6 Å². The van der Waals surface area contributed by atoms with E-state index < -0.39 is 5.54 Å². The molecule has 3 amide bonds. The minimum atomic E-state index is -1.04. The first-order valence-corrected chi connectivity index (χ1v) is 10.3. The number of carbonyl (C=O) groups is 3. The van der Waals surface area contributed by atoms with E-state index in [0.29, 0.717) is 12.2 Å². The Morgan fingerprint density at radius 2 is 2.00 bits per heavy atom. The molecule has 1 aromatic rings. The molecule has 1 fully saturated rings. The smallest absolute Gasteiger partial charge is 0.272 e. The monoisotopic (exact) mass is 389 g/mol. The van der Waals surface area contributed by atoms with Crippen LogP contribution in [0, 0.1) is 0 Å². The number of rotatable bonds is 6. The van der Waals surface area contributed by atoms with Crippen LogP contribution in [0.25, 0.3) is 0 Å². The zero-order chi connectivity index (χ0) is 20.3. The summed E-state index contributed by atoms with van der Waals surface area (Å²) in [6.07, 6.45) is 7.29. The quantitative estimate of drug-likeness (QED) is 0.724. The van der Waals surface area contributed by atoms with Gasteiger partial charge in [-0.05, 0) is 26.2 Å². The van der Waals surface area contributed by atoms with Gasteiger partial charge >= 0.3 is 0 Å². The zero-order valence-electron chi connectivity index (χ0n) is 17.1. The maximum Gasteiger partial charge on any atom is 0.272 e. The van der Waals surface area contributed by atoms with Crippen molar-refractivity contribution < 1.29 is 14.4 Å². The van der Waals surface area contributed by atoms with E-state index in [4.69, 9.17) is 0 Å². The first-order valence-electron chi connectivity index (χ1n) is 10.3. The summed E-state index contributed by atoms with van der Waals surface area (Å²) >= 11 is 0. The zero-order valence-corrected chi connectivity index (χ0v) is 17.1. The minimum Gasteiger partial charge on any atom is -0.351 e. The molecule has 8 nitrogen and oxygen atoms in total. The van der Waals surface area contributed by atoms with Gasteiger partial charge in [-0.3, -0.25) is 19.1 Å². The number of likely N-dealkylation sites (N-methyl/N-ethyl adjacent to an activating group) is 1. The van der Waals surface area contributed by atoms with E-state index in [1.807, 2.05) is 0 Å². The predicted molar refractivity (Wildman–Crippen MR) is 105 cm³/mol. The molecule has 1 aliphatic heterocycles. The maximum atomic E-state index is 13.0. The molecule has 2 heterocycles. The van der Waals surface area contributed by atoms with E-state index in [0.717, 1.165) is 38.5 Å². The lowest BCUT2D eigenvalue weighted by atomic mass is 9.92. The fourth-order valence-electron chi connectivity index (χ4n) is 3.90. The van der Waals surface area contributed by atoms with E-state index in [9.17, 15) is 14.4 Å². The summed E-state index contributed by atoms with van der Waals surface area (Å²) in [7, 11) is 1.64. The summed E-state index contributed by atoms with van der Waals surface area (Å²) in [5, 5.41) is 10.3. The highest BCUT2D eigenvalue weighted by Gasteiger charge is 2.46. The van der Waals surface area contributed by atoms with Gasteiger partial charge in [0.2, 0.25) is 5.91 Å². The maximum absolute atomic E-state index is 13.0. The third-order valence-corrected chi connectivity index (χ3v) is 5.98. The Morgan fingerprint density at radius 3 is 2.68 bits per heavy atom. The Bertz CT molecular complexity index is 753. The Morgan fingerprint density at radius 1 is 1.29 bits per heavy atom. The van der Waals surface area contributed by atoms with Crippen LogP contribution >= 0.6 is 0 Å². The van der Waals surface area contributed by atoms with Gasteiger partial charge in [0.25, 0.3) is 11.8 Å². The molecule has 0 radical (unpaired) electrons. The molecule has 1 aromatic heterocycles. The molecule has 3 rings (SSSR count). The van der Waals surface area contributed by atoms with Crippen LogP contribution in [0.1, 0.15) is 79.8 Å². The van der Waals surface area contributed by atoms with Crippen LogP contribution in [0.5, 0.6) is 0 Å². The van der Waals surface area contributed by atoms with Gasteiger partial charge in [-0.25, -0.2) is 0 Å². The first-order chi connectivity index (χ1) is 13.4. The number of aromatic nitrogens is 2. The molecule has 1 saturated carbocycles. The fraction of sp³-hybridized carbons (Fsp3) is 0.700. The summed E-state index contributed by atoms with van der Waals surface area (Å²) in [4.78, 5) is 39.7. The largest absolute Gasteiger partial charge is 0.351 e. The molecule has 28 heavy (non-hydrogen) atoms. The molecule has 2 aliphatic rings. The van der Waals surface area contributed by atoms with Gasteiger partial charge in [0.1, 0.15) is 11.2 Å². The molecule has 0 spiro atoms. The van der Waals surface area contributed by atoms with Gasteiger partial charge < -0.3 is 15.5 Å². The summed E-state index contributed by atoms with van der Waals surface area (Å²) in [6.45, 7) is 4.61. The number of nitrogens with zero attached hydrogens (tertiary/aromatic N) is 3. The molecule has 0 saturated heterocycles. The van der Waals surface area contributed by atoms with Gasteiger partial charge in [0.15, 0.2) is 5.69 Å². The molecular weight excluding hydrogens is 358 g/mol. The average molecular weight is 390 g/mol. The van der Waals surface area contributed by atoms with Crippen molar-refractivity contribution in [2.75, 3.05) is 13.6 Å². The molecule has 1 aliphatic carbocycles. The summed E-state index contributed by atoms with van der Waals surface area (Å²) < 4.78 is 1.50. The predicted octanol–water partition coefficient (Wildman–Crippen LogP) is 1.71. The van der Waals surface area contributed by atoms with Crippen molar-refractivity contribution in [3.8, 4) is 0 Å². The standard InChI is InChI=1S/C20H31N5O3/c1-4-5-11-21-17(26)15-12-16-18(27)24(3)20(2,13-25(16)23-15)19(28)22-14-9-7-6-8-10-14/h12,14H,4-11,13H2,1-3H3,(H,21,26)(H,22,28). The van der Waals surface area contributed by atoms with E-state index >= 15 is 0 Å². The third-order valence-electron chi connectivity index (χ3n) is 5.98. The second-order valence-electron chi connectivity index (χ2n) is 8.13. The van der Waals surface area contributed by atoms with Crippen molar-refractivity contribution in [3.63, 3.8) is 0 Å². The van der Waals surface area contributed by atoms with Crippen LogP contribution in [-0.2, 0) is 11.3 Å². The lowest BCUT2D eigenvalue weighted by molar-refractivity contribution is -0.133. The second kappa shape index (κ2) is 8.32. The molecular formula is C20H31N5O3. The van der Waals surface area contributed by atoms with E-state index in [2.05, 4.69) is 22.7 Å². The number of hydrogen-bond donors (Lipinski definition) is 2. The van der Waals surface area contributed by atoms with Gasteiger partial charge in [-0.2, -0.15) is 5.10 Å². The number of carbonyl (C=O) groups excluding carboxylic acids is 3. The van der Waals surface area contributed by atoms with Crippen molar-refractivity contribution in [2.24, 2.45) is 0 Å². The van der Waals surface area contributed by atoms with Crippen LogP contribution in [0.4, 0.5) is 0 Å². The molecule has 0 bridgehead atoms. The first kappa shape index (κ1) is 20.4. The Kier molecular flexibility index (Phi) is 6.05. The number of amides is 3. The van der Waals surface area contributed by atoms with E-state index in [-0.39, 0.29) is 36.0 Å². The normalized spacial score (nSPS) is 22.7. The second-order valence-corrected chi connectivity index (χ2v) is 8.13. The van der Waals surface area contributed by atoms with Gasteiger partial charge in [0.05, 0.1) is 6.54 Å². The highest BCUT2D eigenvalue weighted by Crippen LogP contribution is 2.27. The van der Waals surface area contributed by atoms with E-state index in [1.54, 1.807) is 14.0 Å². The average Bonchev–Trinajstić information content (AvgIpc) is 3.11. The Balaban J connectivity index is 1.76. The number of nitrogens with one attached hydrogen (secondary N) is 2. The van der Waals surface area contributed by atoms with Crippen molar-refractivity contribution in [3.05, 3.63) is 17.5 Å². The van der Waals surface area contributed by atoms with Crippen LogP contribution in [0.15, 0.2) is 6.07 Å². The molecule has 0 aromatic carbocycles. The lowest BCUT2D eigenvalue weighted by Gasteiger charge is -2.41. The highest BCUT2D eigenvalue weighted by atomic mass is 16.2. The van der Waals surface area contributed by atoms with Crippen molar-refractivity contribution in [1.82, 2.24) is 25.3 Å². The van der Waals surface area contributed by atoms with Gasteiger partial charge in [-0.15, -0.1) is 0 Å². The highest BCUT2D eigenvalue weighted by molar-refractivity contribution is 6.01. The van der Waals surface area contributed by atoms with Crippen LogP contribution in [-0.4, -0.2) is 57.6 Å². The van der Waals surface area contributed by atoms with Crippen LogP contribution in [0.2, 0.25) is 0 Å². The van der Waals surface area contributed by atoms with Crippen molar-refractivity contribution >= 4 is 17.7 Å². The SMILES string of the molecule is CCCCNC(=O)c1cc2n(n1)CC(C)(C(=O)NC1CCCCC1)N(C)C2=O. The Labute approximate surface area is 166 Å². The van der Waals surface area contributed by atoms with Gasteiger partial charge in [0, 0.05) is 25.7 Å². The van der Waals surface area contributed by atoms with Crippen LogP contribution < -0.4 is 10.6 Å². The number of hydrogen-bond acceptors (Lipinski definition) is 4. The summed E-state index contributed by atoms with van der Waals surface area (Å²) in [5.74, 6) is -0.753. The van der Waals surface area contributed by atoms with Crippen molar-refractivity contribution in [1.29, 1.82) is 0 Å². The number of fused-ring (bicyclic) bond motifs is 1. The summed E-state index contributed by atoms with van der Waals surface area (Å²) in [5.41, 5.74) is -0.486. The third kappa shape index (κ3) is 3.91. The molecule has 2 N–H and O–H groups in total. The Hall–Kier alpha value is -2.38.